The van der Waals surface area contributed by atoms with Crippen LogP contribution in [0.25, 0.3) is 11.1 Å². The smallest absolute Gasteiger partial charge is 0.214 e. The Kier molecular flexibility index (Phi) is 5.61. The van der Waals surface area contributed by atoms with Crippen LogP contribution in [0.15, 0.2) is 48.5 Å². The zero-order valence-electron chi connectivity index (χ0n) is 14.5. The van der Waals surface area contributed by atoms with Crippen LogP contribution in [0, 0.1) is 11.3 Å². The molecular weight excluding hydrogens is 339 g/mol. The third-order valence-corrected chi connectivity index (χ3v) is 5.85. The lowest BCUT2D eigenvalue weighted by Gasteiger charge is -2.22. The predicted molar refractivity (Wildman–Crippen MR) is 97.1 cm³/mol. The second kappa shape index (κ2) is 7.34. The lowest BCUT2D eigenvalue weighted by molar-refractivity contribution is 0.196. The fourth-order valence-electron chi connectivity index (χ4n) is 2.25. The van der Waals surface area contributed by atoms with Crippen LogP contribution < -0.4 is 4.72 Å². The van der Waals surface area contributed by atoms with Crippen molar-refractivity contribution in [2.45, 2.75) is 31.7 Å². The van der Waals surface area contributed by atoms with Gasteiger partial charge in [-0.25, -0.2) is 17.5 Å². The molecule has 25 heavy (non-hydrogen) atoms. The lowest BCUT2D eigenvalue weighted by Crippen LogP contribution is -2.39. The van der Waals surface area contributed by atoms with Crippen LogP contribution in [-0.4, -0.2) is 20.2 Å². The van der Waals surface area contributed by atoms with Gasteiger partial charge in [-0.3, -0.25) is 0 Å². The molecule has 6 heteroatoms. The van der Waals surface area contributed by atoms with Crippen molar-refractivity contribution >= 4 is 10.0 Å². The quantitative estimate of drug-likeness (QED) is 0.853. The highest BCUT2D eigenvalue weighted by Gasteiger charge is 2.28. The number of nitrogens with zero attached hydrogens (tertiary/aromatic N) is 1. The molecule has 0 amide bonds. The van der Waals surface area contributed by atoms with Crippen molar-refractivity contribution in [3.63, 3.8) is 0 Å². The molecule has 0 bridgehead atoms. The van der Waals surface area contributed by atoms with E-state index >= 15 is 0 Å². The highest BCUT2D eigenvalue weighted by atomic mass is 32.2. The maximum absolute atomic E-state index is 14.9. The molecule has 1 atom stereocenters. The van der Waals surface area contributed by atoms with E-state index in [2.05, 4.69) is 10.8 Å². The molecule has 0 aliphatic rings. The Bertz CT molecular complexity index is 865. The number of hydrogen-bond donors (Lipinski definition) is 1. The predicted octanol–water partition coefficient (Wildman–Crippen LogP) is 3.74. The SMILES string of the molecule is CC(C)S(=O)(=O)NCC(C)(F)c1ccc(-c2ccc(C#N)cc2)cc1. The number of sulfonamides is 1. The molecule has 132 valence electrons. The van der Waals surface area contributed by atoms with Crippen LogP contribution in [0.2, 0.25) is 0 Å². The van der Waals surface area contributed by atoms with Crippen molar-refractivity contribution < 1.29 is 12.8 Å². The molecule has 4 nitrogen and oxygen atoms in total. The second-order valence-electron chi connectivity index (χ2n) is 6.38. The molecule has 0 spiro atoms. The van der Waals surface area contributed by atoms with Gasteiger partial charge in [-0.1, -0.05) is 36.4 Å². The lowest BCUT2D eigenvalue weighted by atomic mass is 9.95. The van der Waals surface area contributed by atoms with Gasteiger partial charge in [0.1, 0.15) is 5.67 Å². The maximum atomic E-state index is 14.9. The van der Waals surface area contributed by atoms with Gasteiger partial charge in [0.2, 0.25) is 10.0 Å². The van der Waals surface area contributed by atoms with Crippen molar-refractivity contribution in [2.24, 2.45) is 0 Å². The second-order valence-corrected chi connectivity index (χ2v) is 8.70. The van der Waals surface area contributed by atoms with Crippen LogP contribution in [0.3, 0.4) is 0 Å². The molecule has 2 aromatic rings. The van der Waals surface area contributed by atoms with Gasteiger partial charge < -0.3 is 0 Å². The summed E-state index contributed by atoms with van der Waals surface area (Å²) < 4.78 is 40.8. The van der Waals surface area contributed by atoms with Gasteiger partial charge in [0.05, 0.1) is 16.9 Å². The number of halogens is 1. The number of nitriles is 1. The topological polar surface area (TPSA) is 70.0 Å². The van der Waals surface area contributed by atoms with Gasteiger partial charge in [0, 0.05) is 6.54 Å². The van der Waals surface area contributed by atoms with Gasteiger partial charge in [-0.15, -0.1) is 0 Å². The molecule has 0 saturated heterocycles. The van der Waals surface area contributed by atoms with Crippen molar-refractivity contribution in [1.29, 1.82) is 5.26 Å². The normalized spacial score (nSPS) is 14.1. The van der Waals surface area contributed by atoms with E-state index in [9.17, 15) is 12.8 Å². The number of nitrogens with one attached hydrogen (secondary N) is 1. The fraction of sp³-hybridized carbons (Fsp3) is 0.316. The van der Waals surface area contributed by atoms with Crippen molar-refractivity contribution in [1.82, 2.24) is 4.72 Å². The highest BCUT2D eigenvalue weighted by molar-refractivity contribution is 7.90. The van der Waals surface area contributed by atoms with Gasteiger partial charge in [-0.05, 0) is 49.6 Å². The van der Waals surface area contributed by atoms with E-state index in [-0.39, 0.29) is 6.54 Å². The van der Waals surface area contributed by atoms with Gasteiger partial charge in [-0.2, -0.15) is 5.26 Å². The molecule has 0 aromatic heterocycles. The summed E-state index contributed by atoms with van der Waals surface area (Å²) in [5, 5.41) is 8.22. The molecule has 2 rings (SSSR count). The minimum atomic E-state index is -3.51. The minimum Gasteiger partial charge on any atom is -0.238 e. The molecular formula is C19H21FN2O2S. The number of benzene rings is 2. The van der Waals surface area contributed by atoms with Crippen molar-refractivity contribution in [2.75, 3.05) is 6.54 Å². The Labute approximate surface area is 148 Å². The molecule has 0 aliphatic heterocycles. The van der Waals surface area contributed by atoms with E-state index in [0.29, 0.717) is 11.1 Å². The number of alkyl halides is 1. The van der Waals surface area contributed by atoms with Crippen LogP contribution in [0.5, 0.6) is 0 Å². The molecule has 0 fully saturated rings. The third kappa shape index (κ3) is 4.65. The highest BCUT2D eigenvalue weighted by Crippen LogP contribution is 2.28. The molecule has 0 heterocycles. The van der Waals surface area contributed by atoms with Crippen LogP contribution in [0.1, 0.15) is 31.9 Å². The van der Waals surface area contributed by atoms with E-state index in [1.165, 1.54) is 6.92 Å². The maximum Gasteiger partial charge on any atom is 0.214 e. The van der Waals surface area contributed by atoms with E-state index < -0.39 is 20.9 Å². The first-order valence-corrected chi connectivity index (χ1v) is 9.49. The largest absolute Gasteiger partial charge is 0.238 e. The Morgan fingerprint density at radius 3 is 2.00 bits per heavy atom. The standard InChI is InChI=1S/C19H21FN2O2S/c1-14(2)25(23,24)22-13-19(3,20)18-10-8-17(9-11-18)16-6-4-15(12-21)5-7-16/h4-11,14,22H,13H2,1-3H3. The van der Waals surface area contributed by atoms with E-state index in [4.69, 9.17) is 5.26 Å². The summed E-state index contributed by atoms with van der Waals surface area (Å²) in [5.41, 5.74) is 0.981. The summed E-state index contributed by atoms with van der Waals surface area (Å²) in [6, 6.07) is 16.0. The average Bonchev–Trinajstić information content (AvgIpc) is 2.60. The first-order chi connectivity index (χ1) is 11.7. The fourth-order valence-corrected chi connectivity index (χ4v) is 3.06. The van der Waals surface area contributed by atoms with Crippen molar-refractivity contribution in [3.05, 3.63) is 59.7 Å². The molecule has 1 unspecified atom stereocenters. The molecule has 0 radical (unpaired) electrons. The molecule has 1 N–H and O–H groups in total. The molecule has 0 aliphatic carbocycles. The minimum absolute atomic E-state index is 0.316. The van der Waals surface area contributed by atoms with E-state index in [1.54, 1.807) is 50.2 Å². The Hall–Kier alpha value is -2.23. The first-order valence-electron chi connectivity index (χ1n) is 7.94. The monoisotopic (exact) mass is 360 g/mol. The summed E-state index contributed by atoms with van der Waals surface area (Å²) in [5.74, 6) is 0. The summed E-state index contributed by atoms with van der Waals surface area (Å²) in [6.07, 6.45) is 0. The summed E-state index contributed by atoms with van der Waals surface area (Å²) in [6.45, 7) is 4.13. The summed E-state index contributed by atoms with van der Waals surface area (Å²) in [4.78, 5) is 0. The van der Waals surface area contributed by atoms with Gasteiger partial charge in [0.15, 0.2) is 0 Å². The zero-order chi connectivity index (χ0) is 18.7. The summed E-state index contributed by atoms with van der Waals surface area (Å²) in [7, 11) is -3.51. The average molecular weight is 360 g/mol. The Morgan fingerprint density at radius 2 is 1.56 bits per heavy atom. The van der Waals surface area contributed by atoms with Gasteiger partial charge in [0.25, 0.3) is 0 Å². The summed E-state index contributed by atoms with van der Waals surface area (Å²) >= 11 is 0. The van der Waals surface area contributed by atoms with Crippen LogP contribution >= 0.6 is 0 Å². The molecule has 0 saturated carbocycles. The zero-order valence-corrected chi connectivity index (χ0v) is 15.3. The first kappa shape index (κ1) is 19.1. The number of hydrogen-bond acceptors (Lipinski definition) is 3. The van der Waals surface area contributed by atoms with Crippen LogP contribution in [0.4, 0.5) is 4.39 Å². The van der Waals surface area contributed by atoms with E-state index in [0.717, 1.165) is 11.1 Å². The Balaban J connectivity index is 2.16. The van der Waals surface area contributed by atoms with Crippen LogP contribution in [-0.2, 0) is 15.7 Å². The molecule has 2 aromatic carbocycles. The third-order valence-electron chi connectivity index (χ3n) is 4.06. The number of rotatable bonds is 6. The Morgan fingerprint density at radius 1 is 1.08 bits per heavy atom. The van der Waals surface area contributed by atoms with Crippen molar-refractivity contribution in [3.8, 4) is 17.2 Å². The van der Waals surface area contributed by atoms with Gasteiger partial charge >= 0.3 is 0 Å². The van der Waals surface area contributed by atoms with E-state index in [1.807, 2.05) is 12.1 Å².